The molecule has 0 aliphatic rings. The Hall–Kier alpha value is -1.96. The average Bonchev–Trinajstić information content (AvgIpc) is 2.48. The maximum Gasteiger partial charge on any atom is 0.317 e. The van der Waals surface area contributed by atoms with E-state index in [-0.39, 0.29) is 19.6 Å². The SMILES string of the molecule is Cn1cc(CN(CC(N)=O)CC(=O)O)nn1. The number of carbonyl (C=O) groups is 2. The van der Waals surface area contributed by atoms with Gasteiger partial charge in [-0.15, -0.1) is 5.10 Å². The van der Waals surface area contributed by atoms with Gasteiger partial charge in [0.2, 0.25) is 5.91 Å². The van der Waals surface area contributed by atoms with Crippen LogP contribution < -0.4 is 5.73 Å². The van der Waals surface area contributed by atoms with Gasteiger partial charge >= 0.3 is 5.97 Å². The van der Waals surface area contributed by atoms with Crippen molar-refractivity contribution < 1.29 is 14.7 Å². The van der Waals surface area contributed by atoms with E-state index < -0.39 is 11.9 Å². The van der Waals surface area contributed by atoms with Gasteiger partial charge in [-0.25, -0.2) is 0 Å². The molecule has 0 radical (unpaired) electrons. The zero-order valence-corrected chi connectivity index (χ0v) is 8.83. The van der Waals surface area contributed by atoms with Crippen LogP contribution >= 0.6 is 0 Å². The van der Waals surface area contributed by atoms with Gasteiger partial charge in [-0.2, -0.15) is 0 Å². The summed E-state index contributed by atoms with van der Waals surface area (Å²) < 4.78 is 1.50. The van der Waals surface area contributed by atoms with E-state index in [9.17, 15) is 9.59 Å². The van der Waals surface area contributed by atoms with Crippen LogP contribution in [-0.2, 0) is 23.2 Å². The van der Waals surface area contributed by atoms with Crippen LogP contribution in [0, 0.1) is 0 Å². The number of hydrogen-bond acceptors (Lipinski definition) is 5. The topological polar surface area (TPSA) is 114 Å². The molecule has 0 fully saturated rings. The normalized spacial score (nSPS) is 10.6. The lowest BCUT2D eigenvalue weighted by Crippen LogP contribution is -2.36. The predicted molar refractivity (Wildman–Crippen MR) is 53.1 cm³/mol. The number of carboxylic acids is 1. The van der Waals surface area contributed by atoms with Crippen molar-refractivity contribution in [3.63, 3.8) is 0 Å². The first-order chi connectivity index (χ1) is 7.47. The van der Waals surface area contributed by atoms with Crippen molar-refractivity contribution in [2.24, 2.45) is 12.8 Å². The number of aryl methyl sites for hydroxylation is 1. The first kappa shape index (κ1) is 12.1. The van der Waals surface area contributed by atoms with Crippen LogP contribution in [-0.4, -0.2) is 50.0 Å². The molecule has 0 saturated heterocycles. The molecule has 0 bridgehead atoms. The van der Waals surface area contributed by atoms with Gasteiger partial charge in [0.25, 0.3) is 0 Å². The summed E-state index contributed by atoms with van der Waals surface area (Å²) in [6, 6.07) is 0. The summed E-state index contributed by atoms with van der Waals surface area (Å²) in [6.45, 7) is -0.161. The third kappa shape index (κ3) is 4.05. The minimum Gasteiger partial charge on any atom is -0.480 e. The largest absolute Gasteiger partial charge is 0.480 e. The molecule has 1 aromatic heterocycles. The first-order valence-corrected chi connectivity index (χ1v) is 4.55. The molecular formula is C8H13N5O3. The van der Waals surface area contributed by atoms with Crippen LogP contribution in [0.15, 0.2) is 6.20 Å². The quantitative estimate of drug-likeness (QED) is 0.591. The molecule has 0 aliphatic carbocycles. The number of amides is 1. The van der Waals surface area contributed by atoms with Crippen LogP contribution in [0.2, 0.25) is 0 Å². The molecule has 0 spiro atoms. The molecule has 0 atom stereocenters. The Morgan fingerprint density at radius 2 is 2.25 bits per heavy atom. The van der Waals surface area contributed by atoms with E-state index in [2.05, 4.69) is 10.3 Å². The van der Waals surface area contributed by atoms with Crippen molar-refractivity contribution in [1.29, 1.82) is 0 Å². The summed E-state index contributed by atoms with van der Waals surface area (Å²) in [4.78, 5) is 22.7. The highest BCUT2D eigenvalue weighted by atomic mass is 16.4. The maximum atomic E-state index is 10.7. The molecule has 0 unspecified atom stereocenters. The summed E-state index contributed by atoms with van der Waals surface area (Å²) in [5.41, 5.74) is 5.60. The fourth-order valence-electron chi connectivity index (χ4n) is 1.28. The van der Waals surface area contributed by atoms with Crippen molar-refractivity contribution in [1.82, 2.24) is 19.9 Å². The van der Waals surface area contributed by atoms with Gasteiger partial charge in [0.1, 0.15) is 0 Å². The van der Waals surface area contributed by atoms with Gasteiger partial charge < -0.3 is 10.8 Å². The van der Waals surface area contributed by atoms with Gasteiger partial charge in [0, 0.05) is 19.8 Å². The molecule has 0 aromatic carbocycles. The highest BCUT2D eigenvalue weighted by Crippen LogP contribution is 1.99. The number of carboxylic acid groups (broad SMARTS) is 1. The molecule has 1 amide bonds. The van der Waals surface area contributed by atoms with Gasteiger partial charge in [0.15, 0.2) is 0 Å². The molecule has 8 heteroatoms. The van der Waals surface area contributed by atoms with Crippen molar-refractivity contribution in [3.8, 4) is 0 Å². The average molecular weight is 227 g/mol. The monoisotopic (exact) mass is 227 g/mol. The number of aliphatic carboxylic acids is 1. The third-order valence-electron chi connectivity index (χ3n) is 1.77. The minimum absolute atomic E-state index is 0.122. The summed E-state index contributed by atoms with van der Waals surface area (Å²) in [5, 5.41) is 16.1. The van der Waals surface area contributed by atoms with Crippen molar-refractivity contribution in [2.75, 3.05) is 13.1 Å². The summed E-state index contributed by atoms with van der Waals surface area (Å²) in [6.07, 6.45) is 1.65. The molecule has 1 rings (SSSR count). The van der Waals surface area contributed by atoms with Gasteiger partial charge in [-0.1, -0.05) is 5.21 Å². The summed E-state index contributed by atoms with van der Waals surface area (Å²) >= 11 is 0. The number of rotatable bonds is 6. The highest BCUT2D eigenvalue weighted by Gasteiger charge is 2.14. The minimum atomic E-state index is -1.02. The van der Waals surface area contributed by atoms with Crippen molar-refractivity contribution >= 4 is 11.9 Å². The number of nitrogens with zero attached hydrogens (tertiary/aromatic N) is 4. The van der Waals surface area contributed by atoms with Crippen LogP contribution in [0.25, 0.3) is 0 Å². The van der Waals surface area contributed by atoms with Gasteiger partial charge in [0.05, 0.1) is 18.8 Å². The van der Waals surface area contributed by atoms with E-state index in [0.717, 1.165) is 0 Å². The molecule has 16 heavy (non-hydrogen) atoms. The number of nitrogens with two attached hydrogens (primary N) is 1. The predicted octanol–water partition coefficient (Wildman–Crippen LogP) is -1.81. The Bertz CT molecular complexity index is 373. The fourth-order valence-corrected chi connectivity index (χ4v) is 1.28. The Morgan fingerprint density at radius 3 is 2.69 bits per heavy atom. The fraction of sp³-hybridized carbons (Fsp3) is 0.500. The Kier molecular flexibility index (Phi) is 3.95. The second kappa shape index (κ2) is 5.21. The number of aromatic nitrogens is 3. The van der Waals surface area contributed by atoms with E-state index in [1.807, 2.05) is 0 Å². The van der Waals surface area contributed by atoms with E-state index in [4.69, 9.17) is 10.8 Å². The van der Waals surface area contributed by atoms with Crippen LogP contribution in [0.3, 0.4) is 0 Å². The van der Waals surface area contributed by atoms with Crippen LogP contribution in [0.1, 0.15) is 5.69 Å². The lowest BCUT2D eigenvalue weighted by Gasteiger charge is -2.16. The Labute approximate surface area is 91.6 Å². The molecular weight excluding hydrogens is 214 g/mol. The standard InChI is InChI=1S/C8H13N5O3/c1-12-2-6(10-11-12)3-13(4-7(9)14)5-8(15)16/h2H,3-5H2,1H3,(H2,9,14)(H,15,16). The van der Waals surface area contributed by atoms with Crippen LogP contribution in [0.4, 0.5) is 0 Å². The van der Waals surface area contributed by atoms with Crippen LogP contribution in [0.5, 0.6) is 0 Å². The molecule has 3 N–H and O–H groups in total. The molecule has 88 valence electrons. The zero-order valence-electron chi connectivity index (χ0n) is 8.83. The lowest BCUT2D eigenvalue weighted by molar-refractivity contribution is -0.138. The molecule has 0 saturated carbocycles. The lowest BCUT2D eigenvalue weighted by atomic mass is 10.4. The maximum absolute atomic E-state index is 10.7. The van der Waals surface area contributed by atoms with Gasteiger partial charge in [-0.3, -0.25) is 19.2 Å². The number of carbonyl (C=O) groups excluding carboxylic acids is 1. The first-order valence-electron chi connectivity index (χ1n) is 4.55. The number of hydrogen-bond donors (Lipinski definition) is 2. The zero-order chi connectivity index (χ0) is 12.1. The summed E-state index contributed by atoms with van der Waals surface area (Å²) in [5.74, 6) is -1.60. The summed E-state index contributed by atoms with van der Waals surface area (Å²) in [7, 11) is 1.70. The van der Waals surface area contributed by atoms with E-state index in [0.29, 0.717) is 5.69 Å². The second-order valence-corrected chi connectivity index (χ2v) is 3.39. The molecule has 0 aliphatic heterocycles. The smallest absolute Gasteiger partial charge is 0.317 e. The van der Waals surface area contributed by atoms with E-state index in [1.165, 1.54) is 9.58 Å². The van der Waals surface area contributed by atoms with E-state index in [1.54, 1.807) is 13.2 Å². The Morgan fingerprint density at radius 1 is 1.56 bits per heavy atom. The van der Waals surface area contributed by atoms with Crippen molar-refractivity contribution in [3.05, 3.63) is 11.9 Å². The molecule has 1 heterocycles. The molecule has 8 nitrogen and oxygen atoms in total. The molecule has 1 aromatic rings. The third-order valence-corrected chi connectivity index (χ3v) is 1.77. The Balaban J connectivity index is 2.62. The number of primary amides is 1. The second-order valence-electron chi connectivity index (χ2n) is 3.39. The highest BCUT2D eigenvalue weighted by molar-refractivity contribution is 5.77. The van der Waals surface area contributed by atoms with Gasteiger partial charge in [-0.05, 0) is 0 Å². The van der Waals surface area contributed by atoms with E-state index >= 15 is 0 Å². The van der Waals surface area contributed by atoms with Crippen molar-refractivity contribution in [2.45, 2.75) is 6.54 Å².